The second kappa shape index (κ2) is 3.00. The highest BCUT2D eigenvalue weighted by molar-refractivity contribution is 8.10. The Morgan fingerprint density at radius 3 is 2.20 bits per heavy atom. The Morgan fingerprint density at radius 2 is 2.20 bits per heavy atom. The second-order valence-corrected chi connectivity index (χ2v) is 3.83. The molecule has 5 heavy (non-hydrogen) atoms. The van der Waals surface area contributed by atoms with Crippen LogP contribution in [0.5, 0.6) is 0 Å². The second-order valence-electron chi connectivity index (χ2n) is 0.716. The minimum atomic E-state index is -1.18. The lowest BCUT2D eigenvalue weighted by Crippen LogP contribution is -1.51. The first-order valence-corrected chi connectivity index (χ1v) is 4.49. The Labute approximate surface area is 35.1 Å². The first-order chi connectivity index (χ1) is 2.27. The van der Waals surface area contributed by atoms with Crippen molar-refractivity contribution >= 4 is 16.8 Å². The average Bonchev–Trinajstić information content (AvgIpc) is 1.38. The monoisotopic (exact) mass is 112 g/mol. The first-order valence-electron chi connectivity index (χ1n) is 1.45. The topological polar surface area (TPSA) is 0 Å². The molecule has 0 aliphatic heterocycles. The molecule has 0 spiro atoms. The molecule has 0 heterocycles. The van der Waals surface area contributed by atoms with Gasteiger partial charge in [0.1, 0.15) is 0 Å². The van der Waals surface area contributed by atoms with E-state index in [1.165, 1.54) is 0 Å². The van der Waals surface area contributed by atoms with E-state index in [0.29, 0.717) is 6.16 Å². The number of halogens is 1. The summed E-state index contributed by atoms with van der Waals surface area (Å²) < 4.78 is 11.5. The van der Waals surface area contributed by atoms with Gasteiger partial charge in [0.05, 0.1) is 7.92 Å². The molecule has 0 nitrogen and oxygen atoms in total. The maximum absolute atomic E-state index is 11.5. The molecule has 2 unspecified atom stereocenters. The summed E-state index contributed by atoms with van der Waals surface area (Å²) >= 11 is 0. The highest BCUT2D eigenvalue weighted by atomic mass is 32.0. The molecule has 0 bridgehead atoms. The van der Waals surface area contributed by atoms with Gasteiger partial charge in [-0.1, -0.05) is 15.9 Å². The lowest BCUT2D eigenvalue weighted by molar-refractivity contribution is 0.909. The molecular weight excluding hydrogens is 105 g/mol. The van der Waals surface area contributed by atoms with Crippen molar-refractivity contribution in [2.75, 3.05) is 6.16 Å². The molecule has 0 fully saturated rings. The molecule has 32 valence electrons. The van der Waals surface area contributed by atoms with Gasteiger partial charge >= 0.3 is 0 Å². The number of hydrogen-bond donors (Lipinski definition) is 0. The van der Waals surface area contributed by atoms with Crippen LogP contribution in [-0.4, -0.2) is 6.16 Å². The Hall–Kier alpha value is 0.790. The van der Waals surface area contributed by atoms with E-state index in [0.717, 1.165) is 0 Å². The van der Waals surface area contributed by atoms with Crippen LogP contribution in [0.25, 0.3) is 0 Å². The van der Waals surface area contributed by atoms with Gasteiger partial charge in [-0.15, -0.1) is 0 Å². The van der Waals surface area contributed by atoms with Crippen LogP contribution in [0.3, 0.4) is 0 Å². The molecule has 2 atom stereocenters. The number of rotatable bonds is 1. The van der Waals surface area contributed by atoms with Gasteiger partial charge < -0.3 is 0 Å². The molecule has 0 radical (unpaired) electrons. The highest BCUT2D eigenvalue weighted by Crippen LogP contribution is 2.44. The van der Waals surface area contributed by atoms with E-state index in [4.69, 9.17) is 0 Å². The predicted octanol–water partition coefficient (Wildman–Crippen LogP) is 2.16. The van der Waals surface area contributed by atoms with Gasteiger partial charge in [0.15, 0.2) is 0 Å². The molecule has 0 aromatic heterocycles. The van der Waals surface area contributed by atoms with E-state index >= 15 is 0 Å². The van der Waals surface area contributed by atoms with Crippen molar-refractivity contribution in [3.63, 3.8) is 0 Å². The van der Waals surface area contributed by atoms with Gasteiger partial charge in [-0.3, -0.25) is 0 Å². The van der Waals surface area contributed by atoms with Crippen molar-refractivity contribution in [2.24, 2.45) is 0 Å². The predicted molar refractivity (Wildman–Crippen MR) is 28.3 cm³/mol. The molecule has 0 aromatic rings. The van der Waals surface area contributed by atoms with Crippen LogP contribution in [-0.2, 0) is 0 Å². The summed E-state index contributed by atoms with van der Waals surface area (Å²) in [6, 6.07) is 0. The fourth-order valence-electron chi connectivity index (χ4n) is 0. The van der Waals surface area contributed by atoms with Gasteiger partial charge in [0, 0.05) is 0 Å². The minimum absolute atomic E-state index is 0.667. The van der Waals surface area contributed by atoms with Crippen LogP contribution in [0.15, 0.2) is 0 Å². The van der Waals surface area contributed by atoms with E-state index in [1.807, 2.05) is 6.92 Å². The van der Waals surface area contributed by atoms with Crippen LogP contribution in [0.2, 0.25) is 0 Å². The van der Waals surface area contributed by atoms with Crippen LogP contribution in [0.4, 0.5) is 4.20 Å². The van der Waals surface area contributed by atoms with Crippen LogP contribution >= 0.6 is 16.8 Å². The third kappa shape index (κ3) is 4.79. The lowest BCUT2D eigenvalue weighted by atomic mass is 11.0. The van der Waals surface area contributed by atoms with Gasteiger partial charge in [0.2, 0.25) is 0 Å². The Morgan fingerprint density at radius 1 is 2.00 bits per heavy atom. The standard InChI is InChI=1S/C2H7FP2/c1-2-5(3)4/h2,4H2,1H3. The molecule has 0 amide bonds. The zero-order chi connectivity index (χ0) is 4.28. The number of hydrogen-bond acceptors (Lipinski definition) is 0. The van der Waals surface area contributed by atoms with Crippen LogP contribution < -0.4 is 0 Å². The molecule has 0 N–H and O–H groups in total. The van der Waals surface area contributed by atoms with Gasteiger partial charge in [0.25, 0.3) is 0 Å². The molecular formula is C2H7FP2. The lowest BCUT2D eigenvalue weighted by Gasteiger charge is -1.85. The van der Waals surface area contributed by atoms with Crippen molar-refractivity contribution < 1.29 is 4.20 Å². The summed E-state index contributed by atoms with van der Waals surface area (Å²) in [4.78, 5) is 0. The third-order valence-corrected chi connectivity index (χ3v) is 2.00. The molecule has 0 saturated carbocycles. The SMILES string of the molecule is CCP(F)P. The van der Waals surface area contributed by atoms with E-state index in [1.54, 1.807) is 0 Å². The van der Waals surface area contributed by atoms with Crippen LogP contribution in [0.1, 0.15) is 6.92 Å². The highest BCUT2D eigenvalue weighted by Gasteiger charge is 1.85. The molecule has 0 aliphatic carbocycles. The van der Waals surface area contributed by atoms with Crippen molar-refractivity contribution in [1.82, 2.24) is 0 Å². The Bertz CT molecular complexity index is 21.6. The molecule has 0 saturated heterocycles. The fourth-order valence-corrected chi connectivity index (χ4v) is 0. The zero-order valence-corrected chi connectivity index (χ0v) is 5.16. The minimum Gasteiger partial charge on any atom is -0.223 e. The fraction of sp³-hybridized carbons (Fsp3) is 1.00. The smallest absolute Gasteiger partial charge is 0.0983 e. The van der Waals surface area contributed by atoms with Gasteiger partial charge in [-0.05, 0) is 6.16 Å². The molecule has 0 aromatic carbocycles. The van der Waals surface area contributed by atoms with Crippen molar-refractivity contribution in [1.29, 1.82) is 0 Å². The normalized spacial score (nSPS) is 15.0. The average molecular weight is 112 g/mol. The maximum Gasteiger partial charge on any atom is 0.0983 e. The van der Waals surface area contributed by atoms with E-state index in [-0.39, 0.29) is 0 Å². The Kier molecular flexibility index (Phi) is 3.47. The summed E-state index contributed by atoms with van der Waals surface area (Å²) in [6.45, 7) is 1.83. The van der Waals surface area contributed by atoms with Crippen LogP contribution in [0, 0.1) is 0 Å². The molecule has 0 rings (SSSR count). The van der Waals surface area contributed by atoms with Crippen molar-refractivity contribution in [2.45, 2.75) is 6.92 Å². The van der Waals surface area contributed by atoms with E-state index in [2.05, 4.69) is 8.93 Å². The van der Waals surface area contributed by atoms with Gasteiger partial charge in [-0.2, -0.15) is 0 Å². The molecule has 0 aliphatic rings. The van der Waals surface area contributed by atoms with E-state index in [9.17, 15) is 4.20 Å². The summed E-state index contributed by atoms with van der Waals surface area (Å²) in [7, 11) is 0.950. The maximum atomic E-state index is 11.5. The first kappa shape index (κ1) is 5.79. The summed E-state index contributed by atoms with van der Waals surface area (Å²) in [5.41, 5.74) is 0. The van der Waals surface area contributed by atoms with Crippen molar-refractivity contribution in [3.05, 3.63) is 0 Å². The van der Waals surface area contributed by atoms with Crippen molar-refractivity contribution in [3.8, 4) is 0 Å². The molecule has 3 heteroatoms. The van der Waals surface area contributed by atoms with E-state index < -0.39 is 7.92 Å². The quantitative estimate of drug-likeness (QED) is 0.456. The largest absolute Gasteiger partial charge is 0.223 e. The third-order valence-electron chi connectivity index (χ3n) is 0.302. The van der Waals surface area contributed by atoms with Gasteiger partial charge in [-0.25, -0.2) is 4.20 Å². The summed E-state index contributed by atoms with van der Waals surface area (Å²) in [5, 5.41) is 0. The Balaban J connectivity index is 2.54. The summed E-state index contributed by atoms with van der Waals surface area (Å²) in [5.74, 6) is 0. The summed E-state index contributed by atoms with van der Waals surface area (Å²) in [6.07, 6.45) is 0.667. The zero-order valence-electron chi connectivity index (χ0n) is 3.11.